The van der Waals surface area contributed by atoms with Crippen molar-refractivity contribution >= 4 is 51.0 Å². The fourth-order valence-electron chi connectivity index (χ4n) is 3.29. The number of aryl methyl sites for hydroxylation is 2. The van der Waals surface area contributed by atoms with Crippen LogP contribution in [-0.4, -0.2) is 32.0 Å². The van der Waals surface area contributed by atoms with Gasteiger partial charge in [-0.05, 0) is 41.9 Å². The number of carboxylic acid groups (broad SMARTS) is 1. The smallest absolute Gasteiger partial charge is 0.335 e. The average molecular weight is 528 g/mol. The van der Waals surface area contributed by atoms with Gasteiger partial charge in [0.2, 0.25) is 6.41 Å². The normalized spacial score (nSPS) is 10.6. The van der Waals surface area contributed by atoms with Gasteiger partial charge in [-0.3, -0.25) is 9.69 Å². The third kappa shape index (κ3) is 4.25. The zero-order valence-corrected chi connectivity index (χ0v) is 19.0. The van der Waals surface area contributed by atoms with Gasteiger partial charge in [0.25, 0.3) is 5.82 Å². The van der Waals surface area contributed by atoms with Crippen LogP contribution in [0.15, 0.2) is 29.0 Å². The van der Waals surface area contributed by atoms with E-state index in [0.717, 1.165) is 16.9 Å². The summed E-state index contributed by atoms with van der Waals surface area (Å²) in [5.74, 6) is 0.245. The highest BCUT2D eigenvalue weighted by Gasteiger charge is 2.27. The van der Waals surface area contributed by atoms with Gasteiger partial charge in [0.05, 0.1) is 24.8 Å². The van der Waals surface area contributed by atoms with Crippen molar-refractivity contribution in [3.63, 3.8) is 0 Å². The van der Waals surface area contributed by atoms with E-state index in [-0.39, 0.29) is 40.7 Å². The van der Waals surface area contributed by atoms with E-state index in [0.29, 0.717) is 24.1 Å². The number of carboxylic acids is 1. The average Bonchev–Trinajstić information content (AvgIpc) is 2.99. The summed E-state index contributed by atoms with van der Waals surface area (Å²) >= 11 is 3.25. The number of hydrogen-bond donors (Lipinski definition) is 2. The van der Waals surface area contributed by atoms with Crippen molar-refractivity contribution in [3.05, 3.63) is 40.4 Å². The summed E-state index contributed by atoms with van der Waals surface area (Å²) in [5.41, 5.74) is 7.81. The number of hydrogen-bond acceptors (Lipinski definition) is 5. The molecular weight excluding hydrogens is 508 g/mol. The quantitative estimate of drug-likeness (QED) is 0.299. The molecule has 1 aromatic carbocycles. The Morgan fingerprint density at radius 2 is 2.14 bits per heavy atom. The molecule has 2 aromatic heterocycles. The van der Waals surface area contributed by atoms with Crippen molar-refractivity contribution in [2.45, 2.75) is 33.5 Å². The molecule has 11 heteroatoms. The van der Waals surface area contributed by atoms with E-state index < -0.39 is 5.97 Å². The molecule has 0 unspecified atom stereocenters. The molecule has 2 heterocycles. The van der Waals surface area contributed by atoms with Gasteiger partial charge >= 0.3 is 5.97 Å². The first kappa shape index (κ1) is 22.8. The predicted molar refractivity (Wildman–Crippen MR) is 107 cm³/mol. The number of carbonyl (C=O) groups excluding carboxylic acids is 1. The number of nitrogens with two attached hydrogens (primary N) is 1. The molecule has 0 saturated heterocycles. The first-order chi connectivity index (χ1) is 13.4. The molecule has 3 aromatic rings. The summed E-state index contributed by atoms with van der Waals surface area (Å²) in [6, 6.07) is 5.02. The van der Waals surface area contributed by atoms with Gasteiger partial charge in [0, 0.05) is 6.07 Å². The number of benzene rings is 1. The second kappa shape index (κ2) is 9.31. The van der Waals surface area contributed by atoms with E-state index in [4.69, 9.17) is 5.73 Å². The van der Waals surface area contributed by atoms with Crippen LogP contribution in [0.3, 0.4) is 0 Å². The second-order valence-corrected chi connectivity index (χ2v) is 6.86. The molecule has 9 nitrogen and oxygen atoms in total. The molecule has 0 bridgehead atoms. The lowest BCUT2D eigenvalue weighted by Crippen LogP contribution is -3.00. The van der Waals surface area contributed by atoms with Crippen LogP contribution in [0.2, 0.25) is 0 Å². The summed E-state index contributed by atoms with van der Waals surface area (Å²) in [7, 11) is 0. The minimum absolute atomic E-state index is 0. The highest BCUT2D eigenvalue weighted by molar-refractivity contribution is 9.10. The maximum Gasteiger partial charge on any atom is 0.335 e. The Morgan fingerprint density at radius 1 is 1.41 bits per heavy atom. The number of fused-ring (bicyclic) bond motifs is 1. The summed E-state index contributed by atoms with van der Waals surface area (Å²) in [4.78, 5) is 32.9. The zero-order chi connectivity index (χ0) is 20.4. The second-order valence-electron chi connectivity index (χ2n) is 6.05. The van der Waals surface area contributed by atoms with Crippen molar-refractivity contribution in [1.29, 1.82) is 0 Å². The summed E-state index contributed by atoms with van der Waals surface area (Å²) in [6.45, 7) is 5.42. The van der Waals surface area contributed by atoms with Gasteiger partial charge in [0.1, 0.15) is 11.1 Å². The minimum Gasteiger partial charge on any atom is -1.00 e. The van der Waals surface area contributed by atoms with Crippen LogP contribution < -0.4 is 32.2 Å². The topological polar surface area (TPSA) is 118 Å². The molecule has 0 aliphatic rings. The largest absolute Gasteiger partial charge is 1.00 e. The Labute approximate surface area is 186 Å². The number of nitrogens with zero attached hydrogens (tertiary/aromatic N) is 5. The molecule has 0 radical (unpaired) electrons. The Bertz CT molecular complexity index is 1070. The molecule has 0 fully saturated rings. The van der Waals surface area contributed by atoms with E-state index in [9.17, 15) is 14.7 Å². The Balaban J connectivity index is 0.00000300. The van der Waals surface area contributed by atoms with Crippen LogP contribution >= 0.6 is 15.9 Å². The molecule has 0 saturated carbocycles. The lowest BCUT2D eigenvalue weighted by Gasteiger charge is -2.16. The first-order valence-corrected chi connectivity index (χ1v) is 9.48. The summed E-state index contributed by atoms with van der Waals surface area (Å²) in [5, 5.41) is 9.33. The van der Waals surface area contributed by atoms with Crippen LogP contribution in [0.5, 0.6) is 0 Å². The molecule has 3 N–H and O–H groups in total. The maximum atomic E-state index is 11.8. The molecule has 0 spiro atoms. The molecule has 0 aliphatic heterocycles. The molecule has 154 valence electrons. The number of aromatic carboxylic acids is 1. The fourth-order valence-corrected chi connectivity index (χ4v) is 3.57. The number of imidazole rings is 1. The monoisotopic (exact) mass is 526 g/mol. The number of halogens is 2. The lowest BCUT2D eigenvalue weighted by molar-refractivity contribution is -0.676. The SMILES string of the molecule is CCn1c(CN(C=O)c2nc(Br)cnc2N)[n+](CC)c2ccc(C(=O)O)cc21.[Br-]. The molecule has 0 atom stereocenters. The number of rotatable bonds is 7. The van der Waals surface area contributed by atoms with Gasteiger partial charge in [0.15, 0.2) is 22.7 Å². The Morgan fingerprint density at radius 3 is 2.72 bits per heavy atom. The highest BCUT2D eigenvalue weighted by Crippen LogP contribution is 2.23. The van der Waals surface area contributed by atoms with E-state index in [1.54, 1.807) is 18.2 Å². The molecular formula is C18H20Br2N6O3. The maximum absolute atomic E-state index is 11.8. The van der Waals surface area contributed by atoms with E-state index >= 15 is 0 Å². The van der Waals surface area contributed by atoms with Gasteiger partial charge < -0.3 is 27.8 Å². The van der Waals surface area contributed by atoms with E-state index in [1.165, 1.54) is 11.1 Å². The summed E-state index contributed by atoms with van der Waals surface area (Å²) < 4.78 is 4.50. The minimum atomic E-state index is -0.984. The van der Waals surface area contributed by atoms with Crippen LogP contribution in [0.1, 0.15) is 30.0 Å². The van der Waals surface area contributed by atoms with Gasteiger partial charge in [-0.25, -0.2) is 23.9 Å². The molecule has 29 heavy (non-hydrogen) atoms. The van der Waals surface area contributed by atoms with Crippen molar-refractivity contribution in [1.82, 2.24) is 14.5 Å². The van der Waals surface area contributed by atoms with Crippen LogP contribution in [0.25, 0.3) is 11.0 Å². The number of nitrogen functional groups attached to an aromatic ring is 1. The third-order valence-electron chi connectivity index (χ3n) is 4.52. The zero-order valence-electron chi connectivity index (χ0n) is 15.8. The molecule has 3 rings (SSSR count). The van der Waals surface area contributed by atoms with E-state index in [2.05, 4.69) is 25.9 Å². The van der Waals surface area contributed by atoms with E-state index in [1.807, 2.05) is 23.0 Å². The third-order valence-corrected chi connectivity index (χ3v) is 4.90. The lowest BCUT2D eigenvalue weighted by atomic mass is 10.2. The summed E-state index contributed by atoms with van der Waals surface area (Å²) in [6.07, 6.45) is 2.12. The highest BCUT2D eigenvalue weighted by atomic mass is 79.9. The van der Waals surface area contributed by atoms with Gasteiger partial charge in [-0.1, -0.05) is 0 Å². The number of carbonyl (C=O) groups is 2. The molecule has 0 aliphatic carbocycles. The predicted octanol–water partition coefficient (Wildman–Crippen LogP) is -1.03. The number of anilines is 2. The molecule has 1 amide bonds. The Hall–Kier alpha value is -2.53. The van der Waals surface area contributed by atoms with Crippen LogP contribution in [-0.2, 0) is 24.4 Å². The number of aromatic nitrogens is 4. The Kier molecular flexibility index (Phi) is 7.31. The van der Waals surface area contributed by atoms with Gasteiger partial charge in [-0.2, -0.15) is 0 Å². The fraction of sp³-hybridized carbons (Fsp3) is 0.278. The van der Waals surface area contributed by atoms with Crippen molar-refractivity contribution in [2.75, 3.05) is 10.6 Å². The number of amides is 1. The van der Waals surface area contributed by atoms with Crippen molar-refractivity contribution < 1.29 is 36.2 Å². The van der Waals surface area contributed by atoms with Gasteiger partial charge in [-0.15, -0.1) is 0 Å². The van der Waals surface area contributed by atoms with Crippen LogP contribution in [0, 0.1) is 0 Å². The van der Waals surface area contributed by atoms with Crippen molar-refractivity contribution in [2.24, 2.45) is 0 Å². The van der Waals surface area contributed by atoms with Crippen molar-refractivity contribution in [3.8, 4) is 0 Å². The first-order valence-electron chi connectivity index (χ1n) is 8.69. The van der Waals surface area contributed by atoms with Crippen LogP contribution in [0.4, 0.5) is 11.6 Å². The standard InChI is InChI=1S/C18H19BrN6O3.BrH/c1-3-24-12-6-5-11(18(27)28)7-13(12)25(4-2)15(24)9-23(10-26)17-16(20)21-8-14(19)22-17;/h5-8,10H,3-4,9H2,1-2H3,(H2-,20,21,27,28);1H.